The molecule has 2 aliphatic rings. The van der Waals surface area contributed by atoms with Gasteiger partial charge in [0.2, 0.25) is 5.91 Å². The Morgan fingerprint density at radius 2 is 2.04 bits per heavy atom. The topological polar surface area (TPSA) is 68.7 Å². The highest BCUT2D eigenvalue weighted by Crippen LogP contribution is 2.31. The molecule has 23 heavy (non-hydrogen) atoms. The average molecular weight is 318 g/mol. The van der Waals surface area contributed by atoms with Crippen LogP contribution < -0.4 is 10.2 Å². The van der Waals surface area contributed by atoms with E-state index in [0.717, 1.165) is 50.4 Å². The van der Waals surface area contributed by atoms with Gasteiger partial charge in [-0.1, -0.05) is 13.0 Å². The lowest BCUT2D eigenvalue weighted by atomic mass is 10.0. The van der Waals surface area contributed by atoms with Crippen LogP contribution in [0.2, 0.25) is 0 Å². The lowest BCUT2D eigenvalue weighted by Gasteiger charge is -2.35. The van der Waals surface area contributed by atoms with Crippen LogP contribution in [0.3, 0.4) is 0 Å². The highest BCUT2D eigenvalue weighted by molar-refractivity contribution is 5.93. The van der Waals surface area contributed by atoms with Gasteiger partial charge in [0.1, 0.15) is 11.6 Å². The quantitative estimate of drug-likeness (QED) is 0.856. The lowest BCUT2D eigenvalue weighted by Crippen LogP contribution is -2.45. The second-order valence-corrected chi connectivity index (χ2v) is 6.75. The molecule has 126 valence electrons. The van der Waals surface area contributed by atoms with E-state index in [2.05, 4.69) is 22.2 Å². The van der Waals surface area contributed by atoms with Crippen LogP contribution >= 0.6 is 0 Å². The van der Waals surface area contributed by atoms with Gasteiger partial charge in [-0.3, -0.25) is 4.79 Å². The summed E-state index contributed by atoms with van der Waals surface area (Å²) in [5.74, 6) is 1.79. The van der Waals surface area contributed by atoms with Gasteiger partial charge in [0.05, 0.1) is 0 Å². The van der Waals surface area contributed by atoms with Gasteiger partial charge in [0, 0.05) is 44.6 Å². The number of aliphatic hydroxyl groups is 1. The summed E-state index contributed by atoms with van der Waals surface area (Å²) in [5, 5.41) is 12.5. The third kappa shape index (κ3) is 3.82. The molecule has 0 bridgehead atoms. The SMILES string of the molecule is CC(CO)c1ccc(NC(=O)C2CC2)nc1N1CCN(C)CC1. The van der Waals surface area contributed by atoms with Crippen molar-refractivity contribution in [3.63, 3.8) is 0 Å². The summed E-state index contributed by atoms with van der Waals surface area (Å²) in [7, 11) is 2.12. The summed E-state index contributed by atoms with van der Waals surface area (Å²) in [6.07, 6.45) is 1.97. The molecule has 6 heteroatoms. The smallest absolute Gasteiger partial charge is 0.228 e. The summed E-state index contributed by atoms with van der Waals surface area (Å²) < 4.78 is 0. The molecule has 0 aromatic carbocycles. The van der Waals surface area contributed by atoms with Crippen molar-refractivity contribution in [3.8, 4) is 0 Å². The van der Waals surface area contributed by atoms with E-state index in [4.69, 9.17) is 4.98 Å². The maximum Gasteiger partial charge on any atom is 0.228 e. The van der Waals surface area contributed by atoms with Crippen LogP contribution in [0.4, 0.5) is 11.6 Å². The zero-order chi connectivity index (χ0) is 16.4. The Hall–Kier alpha value is -1.66. The summed E-state index contributed by atoms with van der Waals surface area (Å²) >= 11 is 0. The minimum Gasteiger partial charge on any atom is -0.396 e. The molecule has 1 aliphatic heterocycles. The summed E-state index contributed by atoms with van der Waals surface area (Å²) in [5.41, 5.74) is 1.04. The van der Waals surface area contributed by atoms with Gasteiger partial charge in [-0.2, -0.15) is 0 Å². The van der Waals surface area contributed by atoms with Crippen molar-refractivity contribution in [2.24, 2.45) is 5.92 Å². The molecule has 1 saturated heterocycles. The van der Waals surface area contributed by atoms with Crippen molar-refractivity contribution in [2.45, 2.75) is 25.7 Å². The minimum absolute atomic E-state index is 0.0327. The van der Waals surface area contributed by atoms with E-state index < -0.39 is 0 Å². The average Bonchev–Trinajstić information content (AvgIpc) is 3.40. The van der Waals surface area contributed by atoms with Crippen LogP contribution in [0.15, 0.2) is 12.1 Å². The Morgan fingerprint density at radius 1 is 1.35 bits per heavy atom. The van der Waals surface area contributed by atoms with E-state index in [9.17, 15) is 9.90 Å². The third-order valence-corrected chi connectivity index (χ3v) is 4.71. The molecule has 3 rings (SSSR count). The van der Waals surface area contributed by atoms with Crippen molar-refractivity contribution in [2.75, 3.05) is 50.1 Å². The van der Waals surface area contributed by atoms with Crippen LogP contribution in [0.5, 0.6) is 0 Å². The predicted octanol–water partition coefficient (Wildman–Crippen LogP) is 1.28. The fourth-order valence-corrected chi connectivity index (χ4v) is 2.86. The number of anilines is 2. The van der Waals surface area contributed by atoms with Crippen molar-refractivity contribution < 1.29 is 9.90 Å². The Labute approximate surface area is 137 Å². The first-order valence-electron chi connectivity index (χ1n) is 8.44. The van der Waals surface area contributed by atoms with Crippen LogP contribution in [0.1, 0.15) is 31.2 Å². The molecule has 2 fully saturated rings. The zero-order valence-corrected chi connectivity index (χ0v) is 14.0. The Kier molecular flexibility index (Phi) is 4.82. The third-order valence-electron chi connectivity index (χ3n) is 4.71. The normalized spacial score (nSPS) is 20.4. The highest BCUT2D eigenvalue weighted by Gasteiger charge is 2.30. The molecule has 0 spiro atoms. The van der Waals surface area contributed by atoms with E-state index in [-0.39, 0.29) is 24.3 Å². The number of amides is 1. The fourth-order valence-electron chi connectivity index (χ4n) is 2.86. The monoisotopic (exact) mass is 318 g/mol. The minimum atomic E-state index is 0.0327. The number of nitrogens with zero attached hydrogens (tertiary/aromatic N) is 3. The highest BCUT2D eigenvalue weighted by atomic mass is 16.3. The summed E-state index contributed by atoms with van der Waals surface area (Å²) in [4.78, 5) is 21.2. The van der Waals surface area contributed by atoms with E-state index in [0.29, 0.717) is 5.82 Å². The fraction of sp³-hybridized carbons (Fsp3) is 0.647. The van der Waals surface area contributed by atoms with Gasteiger partial charge in [-0.25, -0.2) is 4.98 Å². The number of carbonyl (C=O) groups excluding carboxylic acids is 1. The number of carbonyl (C=O) groups is 1. The van der Waals surface area contributed by atoms with E-state index in [1.165, 1.54) is 0 Å². The van der Waals surface area contributed by atoms with Crippen LogP contribution in [-0.2, 0) is 4.79 Å². The molecule has 1 unspecified atom stereocenters. The first kappa shape index (κ1) is 16.2. The van der Waals surface area contributed by atoms with Gasteiger partial charge >= 0.3 is 0 Å². The maximum absolute atomic E-state index is 12.0. The molecule has 1 aliphatic carbocycles. The number of hydrogen-bond acceptors (Lipinski definition) is 5. The number of aliphatic hydroxyl groups excluding tert-OH is 1. The van der Waals surface area contributed by atoms with Gasteiger partial charge in [0.15, 0.2) is 0 Å². The molecule has 1 amide bonds. The van der Waals surface area contributed by atoms with Gasteiger partial charge < -0.3 is 20.2 Å². The number of likely N-dealkylation sites (N-methyl/N-ethyl adjacent to an activating group) is 1. The number of piperazine rings is 1. The van der Waals surface area contributed by atoms with E-state index in [1.54, 1.807) is 0 Å². The van der Waals surface area contributed by atoms with Crippen LogP contribution in [-0.4, -0.2) is 60.7 Å². The van der Waals surface area contributed by atoms with E-state index in [1.807, 2.05) is 19.1 Å². The second-order valence-electron chi connectivity index (χ2n) is 6.75. The molecule has 1 atom stereocenters. The molecular weight excluding hydrogens is 292 g/mol. The number of pyridine rings is 1. The summed E-state index contributed by atoms with van der Waals surface area (Å²) in [6.45, 7) is 5.90. The number of rotatable bonds is 5. The Balaban J connectivity index is 1.83. The molecule has 6 nitrogen and oxygen atoms in total. The zero-order valence-electron chi connectivity index (χ0n) is 14.0. The lowest BCUT2D eigenvalue weighted by molar-refractivity contribution is -0.117. The van der Waals surface area contributed by atoms with Gasteiger partial charge in [-0.05, 0) is 31.5 Å². The molecular formula is C17H26N4O2. The molecule has 2 heterocycles. The molecule has 1 aromatic heterocycles. The second kappa shape index (κ2) is 6.84. The van der Waals surface area contributed by atoms with Crippen molar-refractivity contribution >= 4 is 17.5 Å². The van der Waals surface area contributed by atoms with Crippen molar-refractivity contribution in [1.29, 1.82) is 0 Å². The molecule has 1 aromatic rings. The number of hydrogen-bond donors (Lipinski definition) is 2. The van der Waals surface area contributed by atoms with Crippen LogP contribution in [0.25, 0.3) is 0 Å². The molecule has 2 N–H and O–H groups in total. The Morgan fingerprint density at radius 3 is 2.65 bits per heavy atom. The predicted molar refractivity (Wildman–Crippen MR) is 90.8 cm³/mol. The van der Waals surface area contributed by atoms with Crippen LogP contribution in [0, 0.1) is 5.92 Å². The molecule has 0 radical (unpaired) electrons. The first-order chi connectivity index (χ1) is 11.1. The van der Waals surface area contributed by atoms with Crippen molar-refractivity contribution in [3.05, 3.63) is 17.7 Å². The largest absolute Gasteiger partial charge is 0.396 e. The van der Waals surface area contributed by atoms with Crippen molar-refractivity contribution in [1.82, 2.24) is 9.88 Å². The van der Waals surface area contributed by atoms with E-state index >= 15 is 0 Å². The Bertz CT molecular complexity index is 566. The maximum atomic E-state index is 12.0. The first-order valence-corrected chi connectivity index (χ1v) is 8.44. The number of aromatic nitrogens is 1. The number of nitrogens with one attached hydrogen (secondary N) is 1. The molecule has 1 saturated carbocycles. The van der Waals surface area contributed by atoms with Gasteiger partial charge in [-0.15, -0.1) is 0 Å². The summed E-state index contributed by atoms with van der Waals surface area (Å²) in [6, 6.07) is 3.84. The van der Waals surface area contributed by atoms with Gasteiger partial charge in [0.25, 0.3) is 0 Å². The standard InChI is InChI=1S/C17H26N4O2/c1-12(11-22)14-5-6-15(19-17(23)13-3-4-13)18-16(14)21-9-7-20(2)8-10-21/h5-6,12-13,22H,3-4,7-11H2,1-2H3,(H,18,19,23).